The Morgan fingerprint density at radius 2 is 2.04 bits per heavy atom. The number of aromatic nitrogens is 1. The molecule has 0 amide bonds. The van der Waals surface area contributed by atoms with Gasteiger partial charge >= 0.3 is 0 Å². The van der Waals surface area contributed by atoms with Crippen molar-refractivity contribution < 1.29 is 12.9 Å². The lowest BCUT2D eigenvalue weighted by Gasteiger charge is -2.17. The van der Waals surface area contributed by atoms with Crippen LogP contribution in [-0.4, -0.2) is 50.7 Å². The molecule has 0 aliphatic carbocycles. The first kappa shape index (κ1) is 24.2. The van der Waals surface area contributed by atoms with Gasteiger partial charge in [0.05, 0.1) is 11.4 Å². The first-order valence-corrected chi connectivity index (χ1v) is 10.4. The Labute approximate surface area is 168 Å². The number of aryl methyl sites for hydroxylation is 2. The molecule has 2 N–H and O–H groups in total. The second kappa shape index (κ2) is 11.7. The number of rotatable bonds is 9. The molecule has 0 bridgehead atoms. The first-order chi connectivity index (χ1) is 11.2. The van der Waals surface area contributed by atoms with Crippen molar-refractivity contribution in [3.8, 4) is 0 Å². The molecule has 0 spiro atoms. The Kier molecular flexibility index (Phi) is 11.3. The van der Waals surface area contributed by atoms with Crippen molar-refractivity contribution in [3.05, 3.63) is 17.0 Å². The van der Waals surface area contributed by atoms with Crippen LogP contribution < -0.4 is 10.6 Å². The third-order valence-corrected chi connectivity index (χ3v) is 4.66. The number of hydrogen-bond acceptors (Lipinski definition) is 5. The van der Waals surface area contributed by atoms with Gasteiger partial charge in [-0.05, 0) is 47.0 Å². The van der Waals surface area contributed by atoms with E-state index in [1.165, 1.54) is 6.26 Å². The number of hydrogen-bond donors (Lipinski definition) is 2. The normalized spacial score (nSPS) is 13.2. The van der Waals surface area contributed by atoms with E-state index in [1.54, 1.807) is 0 Å². The summed E-state index contributed by atoms with van der Waals surface area (Å²) in [4.78, 5) is 4.55. The number of guanidine groups is 1. The summed E-state index contributed by atoms with van der Waals surface area (Å²) in [6.07, 6.45) is 3.60. The number of nitrogens with one attached hydrogen (secondary N) is 2. The van der Waals surface area contributed by atoms with Crippen molar-refractivity contribution in [3.63, 3.8) is 0 Å². The molecule has 1 aromatic rings. The zero-order chi connectivity index (χ0) is 18.2. The second-order valence-corrected chi connectivity index (χ2v) is 8.39. The van der Waals surface area contributed by atoms with Gasteiger partial charge in [-0.15, -0.1) is 24.0 Å². The quantitative estimate of drug-likeness (QED) is 0.241. The molecular formula is C16H31IN4O3S. The lowest BCUT2D eigenvalue weighted by atomic mass is 10.1. The zero-order valence-electron chi connectivity index (χ0n) is 15.8. The van der Waals surface area contributed by atoms with Crippen molar-refractivity contribution >= 4 is 39.8 Å². The fraction of sp³-hybridized carbons (Fsp3) is 0.750. The third-order valence-electron chi connectivity index (χ3n) is 3.69. The van der Waals surface area contributed by atoms with Crippen molar-refractivity contribution in [2.75, 3.05) is 25.1 Å². The average molecular weight is 486 g/mol. The van der Waals surface area contributed by atoms with E-state index < -0.39 is 9.84 Å². The predicted molar refractivity (Wildman–Crippen MR) is 113 cm³/mol. The van der Waals surface area contributed by atoms with E-state index in [1.807, 2.05) is 27.7 Å². The molecule has 1 aromatic heterocycles. The number of halogens is 1. The van der Waals surface area contributed by atoms with Crippen LogP contribution in [0.4, 0.5) is 0 Å². The highest BCUT2D eigenvalue weighted by Crippen LogP contribution is 2.14. The maximum atomic E-state index is 11.2. The smallest absolute Gasteiger partial charge is 0.191 e. The van der Waals surface area contributed by atoms with E-state index >= 15 is 0 Å². The van der Waals surface area contributed by atoms with Crippen LogP contribution in [0.5, 0.6) is 0 Å². The minimum absolute atomic E-state index is 0. The molecule has 146 valence electrons. The van der Waals surface area contributed by atoms with E-state index in [0.717, 1.165) is 42.4 Å². The molecule has 0 saturated heterocycles. The van der Waals surface area contributed by atoms with Gasteiger partial charge in [0, 0.05) is 31.0 Å². The van der Waals surface area contributed by atoms with Crippen LogP contribution in [-0.2, 0) is 16.3 Å². The van der Waals surface area contributed by atoms with E-state index in [4.69, 9.17) is 4.52 Å². The van der Waals surface area contributed by atoms with Crippen LogP contribution in [0.3, 0.4) is 0 Å². The fourth-order valence-corrected chi connectivity index (χ4v) is 3.10. The Balaban J connectivity index is 0.00000576. The van der Waals surface area contributed by atoms with Gasteiger partial charge in [0.2, 0.25) is 0 Å². The Hall–Kier alpha value is -0.840. The molecule has 25 heavy (non-hydrogen) atoms. The van der Waals surface area contributed by atoms with Crippen LogP contribution in [0.25, 0.3) is 0 Å². The maximum Gasteiger partial charge on any atom is 0.191 e. The van der Waals surface area contributed by atoms with Crippen LogP contribution in [0.15, 0.2) is 9.52 Å². The van der Waals surface area contributed by atoms with Gasteiger partial charge in [-0.3, -0.25) is 4.99 Å². The molecule has 1 atom stereocenters. The van der Waals surface area contributed by atoms with Gasteiger partial charge in [-0.1, -0.05) is 5.16 Å². The number of sulfone groups is 1. The summed E-state index contributed by atoms with van der Waals surface area (Å²) in [6, 6.07) is 0.0417. The van der Waals surface area contributed by atoms with Gasteiger partial charge < -0.3 is 15.2 Å². The van der Waals surface area contributed by atoms with Gasteiger partial charge in [0.25, 0.3) is 0 Å². The molecular weight excluding hydrogens is 455 g/mol. The minimum Gasteiger partial charge on any atom is -0.361 e. The average Bonchev–Trinajstić information content (AvgIpc) is 2.80. The van der Waals surface area contributed by atoms with Gasteiger partial charge in [0.15, 0.2) is 5.96 Å². The molecule has 9 heteroatoms. The second-order valence-electron chi connectivity index (χ2n) is 6.13. The lowest BCUT2D eigenvalue weighted by molar-refractivity contribution is 0.392. The fourth-order valence-electron chi connectivity index (χ4n) is 2.32. The number of aliphatic imine (C=N–C) groups is 1. The van der Waals surface area contributed by atoms with Gasteiger partial charge in [-0.2, -0.15) is 0 Å². The number of nitrogens with zero attached hydrogens (tertiary/aromatic N) is 2. The molecule has 0 aliphatic heterocycles. The molecule has 1 heterocycles. The van der Waals surface area contributed by atoms with Gasteiger partial charge in [0.1, 0.15) is 15.6 Å². The summed E-state index contributed by atoms with van der Waals surface area (Å²) >= 11 is 0. The van der Waals surface area contributed by atoms with E-state index in [9.17, 15) is 8.42 Å². The molecule has 7 nitrogen and oxygen atoms in total. The monoisotopic (exact) mass is 486 g/mol. The van der Waals surface area contributed by atoms with Gasteiger partial charge in [-0.25, -0.2) is 8.42 Å². The summed E-state index contributed by atoms with van der Waals surface area (Å²) in [5.74, 6) is 1.76. The first-order valence-electron chi connectivity index (χ1n) is 8.37. The molecule has 1 rings (SSSR count). The molecule has 1 unspecified atom stereocenters. The van der Waals surface area contributed by atoms with Crippen LogP contribution >= 0.6 is 24.0 Å². The minimum atomic E-state index is -2.94. The molecule has 0 aromatic carbocycles. The van der Waals surface area contributed by atoms with Crippen molar-refractivity contribution in [1.29, 1.82) is 0 Å². The third kappa shape index (κ3) is 10.0. The largest absolute Gasteiger partial charge is 0.361 e. The van der Waals surface area contributed by atoms with Crippen LogP contribution in [0.2, 0.25) is 0 Å². The van der Waals surface area contributed by atoms with Crippen LogP contribution in [0, 0.1) is 13.8 Å². The summed E-state index contributed by atoms with van der Waals surface area (Å²) in [6.45, 7) is 9.27. The summed E-state index contributed by atoms with van der Waals surface area (Å²) < 4.78 is 27.6. The Morgan fingerprint density at radius 1 is 1.36 bits per heavy atom. The van der Waals surface area contributed by atoms with Crippen molar-refractivity contribution in [2.45, 2.75) is 53.0 Å². The topological polar surface area (TPSA) is 96.6 Å². The summed E-state index contributed by atoms with van der Waals surface area (Å²) in [5, 5.41) is 10.4. The molecule has 0 fully saturated rings. The highest BCUT2D eigenvalue weighted by molar-refractivity contribution is 14.0. The SMILES string of the molecule is CCNC(=NCCCc1c(C)noc1C)NC(C)CCS(C)(=O)=O.I. The van der Waals surface area contributed by atoms with Crippen molar-refractivity contribution in [2.24, 2.45) is 4.99 Å². The molecule has 0 saturated carbocycles. The van der Waals surface area contributed by atoms with E-state index in [-0.39, 0.29) is 35.8 Å². The zero-order valence-corrected chi connectivity index (χ0v) is 18.9. The summed E-state index contributed by atoms with van der Waals surface area (Å²) in [5.41, 5.74) is 2.10. The summed E-state index contributed by atoms with van der Waals surface area (Å²) in [7, 11) is -2.94. The predicted octanol–water partition coefficient (Wildman–Crippen LogP) is 2.22. The van der Waals surface area contributed by atoms with E-state index in [2.05, 4.69) is 20.8 Å². The molecule has 0 radical (unpaired) electrons. The Morgan fingerprint density at radius 3 is 2.56 bits per heavy atom. The standard InChI is InChI=1S/C16H30N4O3S.HI/c1-6-17-16(19-12(2)9-11-24(5,21)22)18-10-7-8-15-13(3)20-23-14(15)4;/h12H,6-11H2,1-5H3,(H2,17,18,19);1H. The highest BCUT2D eigenvalue weighted by atomic mass is 127. The van der Waals surface area contributed by atoms with Crippen LogP contribution in [0.1, 0.15) is 43.7 Å². The highest BCUT2D eigenvalue weighted by Gasteiger charge is 2.10. The molecule has 0 aliphatic rings. The Bertz CT molecular complexity index is 624. The van der Waals surface area contributed by atoms with Crippen molar-refractivity contribution in [1.82, 2.24) is 15.8 Å². The van der Waals surface area contributed by atoms with E-state index in [0.29, 0.717) is 13.0 Å². The lowest BCUT2D eigenvalue weighted by Crippen LogP contribution is -2.42. The maximum absolute atomic E-state index is 11.2.